The van der Waals surface area contributed by atoms with Crippen LogP contribution in [0.15, 0.2) is 109 Å². The van der Waals surface area contributed by atoms with Crippen molar-refractivity contribution >= 4 is 28.9 Å². The monoisotopic (exact) mass is 542 g/mol. The molecule has 3 aliphatic rings. The molecule has 6 heteroatoms. The minimum atomic E-state index is -1.46. The number of Topliss-reactive ketones (excluding diaryl/α,β-unsaturated/α-hetero) is 1. The van der Waals surface area contributed by atoms with Gasteiger partial charge in [-0.25, -0.2) is 0 Å². The van der Waals surface area contributed by atoms with Crippen molar-refractivity contribution in [3.63, 3.8) is 0 Å². The molecule has 202 valence electrons. The molecular weight excluding hydrogens is 516 g/mol. The van der Waals surface area contributed by atoms with E-state index in [9.17, 15) is 9.59 Å². The fraction of sp³-hybridized carbons (Fsp3) is 0.171. The highest BCUT2D eigenvalue weighted by Gasteiger charge is 2.82. The van der Waals surface area contributed by atoms with Crippen molar-refractivity contribution < 1.29 is 28.6 Å². The molecule has 0 N–H and O–H groups in total. The van der Waals surface area contributed by atoms with Crippen molar-refractivity contribution in [3.8, 4) is 11.5 Å². The van der Waals surface area contributed by atoms with E-state index in [-0.39, 0.29) is 5.78 Å². The van der Waals surface area contributed by atoms with E-state index in [1.165, 1.54) is 0 Å². The number of benzene rings is 4. The number of ketones is 1. The smallest absolute Gasteiger partial charge is 0.319 e. The summed E-state index contributed by atoms with van der Waals surface area (Å²) in [6.07, 6.45) is 0. The third-order valence-corrected chi connectivity index (χ3v) is 8.95. The molecule has 4 aromatic rings. The fourth-order valence-corrected chi connectivity index (χ4v) is 7.45. The van der Waals surface area contributed by atoms with Crippen LogP contribution in [0.2, 0.25) is 0 Å². The van der Waals surface area contributed by atoms with Crippen LogP contribution in [0.5, 0.6) is 11.5 Å². The summed E-state index contributed by atoms with van der Waals surface area (Å²) in [6, 6.07) is 33.6. The van der Waals surface area contributed by atoms with Crippen LogP contribution in [0.1, 0.15) is 22.3 Å². The molecule has 1 saturated carbocycles. The summed E-state index contributed by atoms with van der Waals surface area (Å²) >= 11 is 0. The summed E-state index contributed by atoms with van der Waals surface area (Å²) in [5, 5.41) is 0. The number of hydrogen-bond acceptors (Lipinski definition) is 6. The van der Waals surface area contributed by atoms with Crippen LogP contribution in [0.3, 0.4) is 0 Å². The third-order valence-electron chi connectivity index (χ3n) is 8.95. The van der Waals surface area contributed by atoms with Crippen molar-refractivity contribution in [2.24, 2.45) is 11.8 Å². The lowest BCUT2D eigenvalue weighted by atomic mass is 9.59. The Morgan fingerprint density at radius 2 is 0.902 bits per heavy atom. The summed E-state index contributed by atoms with van der Waals surface area (Å²) in [5.74, 6) is -2.26. The van der Waals surface area contributed by atoms with Gasteiger partial charge in [0.2, 0.25) is 0 Å². The Hall–Kier alpha value is -4.97. The molecule has 1 saturated heterocycles. The zero-order valence-corrected chi connectivity index (χ0v) is 22.5. The van der Waals surface area contributed by atoms with Crippen molar-refractivity contribution in [1.82, 2.24) is 0 Å². The molecule has 41 heavy (non-hydrogen) atoms. The molecule has 4 aromatic carbocycles. The molecule has 7 rings (SSSR count). The zero-order chi connectivity index (χ0) is 28.4. The number of hydrogen-bond donors (Lipinski definition) is 0. The van der Waals surface area contributed by atoms with Gasteiger partial charge in [-0.2, -0.15) is 0 Å². The van der Waals surface area contributed by atoms with E-state index < -0.39 is 34.6 Å². The van der Waals surface area contributed by atoms with Crippen LogP contribution < -0.4 is 9.47 Å². The highest BCUT2D eigenvalue weighted by atomic mass is 16.6. The van der Waals surface area contributed by atoms with E-state index in [1.54, 1.807) is 14.2 Å². The van der Waals surface area contributed by atoms with Gasteiger partial charge in [-0.3, -0.25) is 14.4 Å². The van der Waals surface area contributed by atoms with Gasteiger partial charge in [0, 0.05) is 0 Å². The molecular formula is C35H26O6. The highest BCUT2D eigenvalue weighted by Crippen LogP contribution is 2.74. The Kier molecular flexibility index (Phi) is 5.51. The van der Waals surface area contributed by atoms with Crippen LogP contribution in [-0.2, 0) is 30.0 Å². The maximum absolute atomic E-state index is 15.5. The van der Waals surface area contributed by atoms with Gasteiger partial charge in [-0.15, -0.1) is 0 Å². The van der Waals surface area contributed by atoms with Gasteiger partial charge >= 0.3 is 11.9 Å². The topological polar surface area (TPSA) is 78.9 Å². The van der Waals surface area contributed by atoms with E-state index in [0.717, 1.165) is 11.1 Å². The molecule has 6 nitrogen and oxygen atoms in total. The summed E-state index contributed by atoms with van der Waals surface area (Å²) in [7, 11) is 3.19. The second-order valence-electron chi connectivity index (χ2n) is 10.6. The fourth-order valence-electron chi connectivity index (χ4n) is 7.45. The molecule has 2 fully saturated rings. The number of allylic oxidation sites excluding steroid dienone is 2. The first kappa shape index (κ1) is 25.0. The Labute approximate surface area is 237 Å². The molecule has 4 atom stereocenters. The Morgan fingerprint density at radius 3 is 1.24 bits per heavy atom. The molecule has 0 aromatic heterocycles. The quantitative estimate of drug-likeness (QED) is 0.240. The second-order valence-corrected chi connectivity index (χ2v) is 10.6. The van der Waals surface area contributed by atoms with Crippen LogP contribution in [0, 0.1) is 11.8 Å². The summed E-state index contributed by atoms with van der Waals surface area (Å²) in [4.78, 5) is 42.9. The maximum atomic E-state index is 15.5. The van der Waals surface area contributed by atoms with Gasteiger partial charge < -0.3 is 14.2 Å². The molecule has 2 aliphatic carbocycles. The van der Waals surface area contributed by atoms with Gasteiger partial charge in [0.05, 0.1) is 36.9 Å². The summed E-state index contributed by atoms with van der Waals surface area (Å²) in [6.45, 7) is 0. The minimum Gasteiger partial charge on any atom is -0.497 e. The number of fused-ring (bicyclic) bond motifs is 5. The Bertz CT molecular complexity index is 1600. The van der Waals surface area contributed by atoms with Gasteiger partial charge in [0.25, 0.3) is 0 Å². The lowest BCUT2D eigenvalue weighted by Gasteiger charge is -2.38. The summed E-state index contributed by atoms with van der Waals surface area (Å²) in [5.41, 5.74) is 1.28. The lowest BCUT2D eigenvalue weighted by molar-refractivity contribution is -0.156. The minimum absolute atomic E-state index is 0.195. The van der Waals surface area contributed by atoms with Crippen molar-refractivity contribution in [2.75, 3.05) is 14.2 Å². The number of ether oxygens (including phenoxy) is 3. The number of cyclic esters (lactones) is 2. The van der Waals surface area contributed by atoms with Crippen molar-refractivity contribution in [1.29, 1.82) is 0 Å². The third kappa shape index (κ3) is 3.10. The molecule has 0 unspecified atom stereocenters. The largest absolute Gasteiger partial charge is 0.497 e. The molecule has 2 bridgehead atoms. The average Bonchev–Trinajstić information content (AvgIpc) is 3.56. The SMILES string of the molecule is COc1ccc(C2=C(c3ccc(OC)cc3)[C@@]3(c4ccccc4)C(=O)[C@@]2(c2ccccc2)[C@@H]2C(=O)OC(=O)[C@@H]23)cc1. The molecule has 1 heterocycles. The van der Waals surface area contributed by atoms with Crippen LogP contribution in [-0.4, -0.2) is 31.9 Å². The first-order valence-corrected chi connectivity index (χ1v) is 13.4. The van der Waals surface area contributed by atoms with Gasteiger partial charge in [-0.05, 0) is 57.7 Å². The lowest BCUT2D eigenvalue weighted by Crippen LogP contribution is -2.41. The predicted molar refractivity (Wildman–Crippen MR) is 152 cm³/mol. The van der Waals surface area contributed by atoms with E-state index >= 15 is 4.79 Å². The van der Waals surface area contributed by atoms with Crippen molar-refractivity contribution in [2.45, 2.75) is 10.8 Å². The van der Waals surface area contributed by atoms with E-state index in [0.29, 0.717) is 33.8 Å². The summed E-state index contributed by atoms with van der Waals surface area (Å²) < 4.78 is 16.3. The second kappa shape index (κ2) is 9.03. The number of carbonyl (C=O) groups excluding carboxylic acids is 3. The van der Waals surface area contributed by atoms with E-state index in [2.05, 4.69) is 0 Å². The zero-order valence-electron chi connectivity index (χ0n) is 22.5. The Balaban J connectivity index is 1.69. The highest BCUT2D eigenvalue weighted by molar-refractivity contribution is 6.34. The van der Waals surface area contributed by atoms with Gasteiger partial charge in [0.15, 0.2) is 5.78 Å². The van der Waals surface area contributed by atoms with E-state index in [1.807, 2.05) is 109 Å². The van der Waals surface area contributed by atoms with Crippen LogP contribution in [0.25, 0.3) is 11.1 Å². The number of methoxy groups -OCH3 is 2. The molecule has 0 amide bonds. The van der Waals surface area contributed by atoms with Crippen molar-refractivity contribution in [3.05, 3.63) is 131 Å². The van der Waals surface area contributed by atoms with Gasteiger partial charge in [-0.1, -0.05) is 84.9 Å². The molecule has 1 aliphatic heterocycles. The first-order valence-electron chi connectivity index (χ1n) is 13.4. The standard InChI is InChI=1S/C35H26O6/c1-39-25-17-13-21(14-18-25)27-28(22-15-19-26(40-2)20-16-22)35(24-11-7-4-8-12-24)30-29(31(36)41-32(30)37)34(27,33(35)38)23-9-5-3-6-10-23/h3-20,29-30H,1-2H3/t29-,30+,34-,35-/m1/s1. The first-order chi connectivity index (χ1) is 20.0. The van der Waals surface area contributed by atoms with Crippen LogP contribution in [0.4, 0.5) is 0 Å². The maximum Gasteiger partial charge on any atom is 0.319 e. The predicted octanol–water partition coefficient (Wildman–Crippen LogP) is 5.40. The molecule has 0 spiro atoms. The Morgan fingerprint density at radius 1 is 0.537 bits per heavy atom. The number of esters is 2. The number of carbonyl (C=O) groups is 3. The number of rotatable bonds is 6. The van der Waals surface area contributed by atoms with E-state index in [4.69, 9.17) is 14.2 Å². The average molecular weight is 543 g/mol. The normalized spacial score (nSPS) is 26.2. The molecule has 0 radical (unpaired) electrons. The van der Waals surface area contributed by atoms with Gasteiger partial charge in [0.1, 0.15) is 11.5 Å². The van der Waals surface area contributed by atoms with Crippen LogP contribution >= 0.6 is 0 Å².